The van der Waals surface area contributed by atoms with Gasteiger partial charge < -0.3 is 25.4 Å². The molecule has 0 bridgehead atoms. The summed E-state index contributed by atoms with van der Waals surface area (Å²) >= 11 is 0. The van der Waals surface area contributed by atoms with Crippen LogP contribution in [-0.4, -0.2) is 76.1 Å². The minimum atomic E-state index is -0.378. The van der Waals surface area contributed by atoms with Crippen molar-refractivity contribution in [2.45, 2.75) is 51.2 Å². The molecule has 0 fully saturated rings. The lowest BCUT2D eigenvalue weighted by molar-refractivity contribution is 0.0196. The van der Waals surface area contributed by atoms with E-state index in [1.165, 1.54) is 6.42 Å². The third-order valence-corrected chi connectivity index (χ3v) is 3.72. The van der Waals surface area contributed by atoms with E-state index in [0.29, 0.717) is 19.2 Å². The number of aliphatic hydroxyl groups excluding tert-OH is 1. The summed E-state index contributed by atoms with van der Waals surface area (Å²) in [6, 6.07) is 0.577. The molecule has 0 amide bonds. The Balaban J connectivity index is 3.61. The van der Waals surface area contributed by atoms with Gasteiger partial charge in [-0.15, -0.1) is 0 Å². The molecule has 5 heteroatoms. The van der Waals surface area contributed by atoms with Gasteiger partial charge in [-0.3, -0.25) is 0 Å². The van der Waals surface area contributed by atoms with Crippen molar-refractivity contribution < 1.29 is 9.84 Å². The zero-order chi connectivity index (χ0) is 15.9. The van der Waals surface area contributed by atoms with Crippen molar-refractivity contribution >= 4 is 0 Å². The molecule has 0 rings (SSSR count). The van der Waals surface area contributed by atoms with Crippen LogP contribution in [0.15, 0.2) is 0 Å². The zero-order valence-electron chi connectivity index (χ0n) is 14.5. The molecule has 0 aliphatic rings. The van der Waals surface area contributed by atoms with Gasteiger partial charge in [-0.2, -0.15) is 0 Å². The third kappa shape index (κ3) is 13.2. The predicted octanol–water partition coefficient (Wildman–Crippen LogP) is 1.07. The second-order valence-corrected chi connectivity index (χ2v) is 5.86. The Bertz CT molecular complexity index is 218. The normalized spacial score (nSPS) is 14.6. The van der Waals surface area contributed by atoms with Crippen molar-refractivity contribution in [1.29, 1.82) is 0 Å². The van der Waals surface area contributed by atoms with Gasteiger partial charge in [0.25, 0.3) is 0 Å². The number of unbranched alkanes of at least 4 members (excludes halogenated alkanes) is 1. The molecule has 2 atom stereocenters. The van der Waals surface area contributed by atoms with E-state index in [-0.39, 0.29) is 6.10 Å². The number of nitrogens with one attached hydrogen (secondary N) is 2. The van der Waals surface area contributed by atoms with E-state index < -0.39 is 0 Å². The van der Waals surface area contributed by atoms with Crippen molar-refractivity contribution in [3.8, 4) is 0 Å². The summed E-state index contributed by atoms with van der Waals surface area (Å²) in [4.78, 5) is 2.19. The standard InChI is InChI=1S/C16H37N3O2/c1-5-6-12-21-14-16(20)13-19(4)11-7-8-15(18-3)9-10-17-2/h15-18,20H,5-14H2,1-4H3. The number of nitrogens with zero attached hydrogens (tertiary/aromatic N) is 1. The molecule has 0 aromatic heterocycles. The molecular weight excluding hydrogens is 266 g/mol. The highest BCUT2D eigenvalue weighted by Crippen LogP contribution is 2.03. The van der Waals surface area contributed by atoms with Crippen LogP contribution in [0.2, 0.25) is 0 Å². The van der Waals surface area contributed by atoms with Gasteiger partial charge in [0.15, 0.2) is 0 Å². The summed E-state index contributed by atoms with van der Waals surface area (Å²) in [5.41, 5.74) is 0. The Labute approximate surface area is 131 Å². The first-order valence-corrected chi connectivity index (χ1v) is 8.40. The molecule has 0 aromatic rings. The molecule has 0 aromatic carbocycles. The second-order valence-electron chi connectivity index (χ2n) is 5.86. The molecule has 2 unspecified atom stereocenters. The Hall–Kier alpha value is -0.200. The van der Waals surface area contributed by atoms with Crippen LogP contribution in [0.5, 0.6) is 0 Å². The summed E-state index contributed by atoms with van der Waals surface area (Å²) in [7, 11) is 6.09. The molecule has 5 nitrogen and oxygen atoms in total. The summed E-state index contributed by atoms with van der Waals surface area (Å²) < 4.78 is 5.45. The number of likely N-dealkylation sites (N-methyl/N-ethyl adjacent to an activating group) is 1. The quantitative estimate of drug-likeness (QED) is 0.395. The fourth-order valence-corrected chi connectivity index (χ4v) is 2.33. The first kappa shape index (κ1) is 20.8. The monoisotopic (exact) mass is 303 g/mol. The third-order valence-electron chi connectivity index (χ3n) is 3.72. The summed E-state index contributed by atoms with van der Waals surface area (Å²) in [5, 5.41) is 16.5. The number of hydrogen-bond donors (Lipinski definition) is 3. The van der Waals surface area contributed by atoms with Crippen LogP contribution >= 0.6 is 0 Å². The zero-order valence-corrected chi connectivity index (χ0v) is 14.5. The fraction of sp³-hybridized carbons (Fsp3) is 1.00. The molecule has 0 saturated carbocycles. The Morgan fingerprint density at radius 3 is 2.57 bits per heavy atom. The molecule has 3 N–H and O–H groups in total. The largest absolute Gasteiger partial charge is 0.389 e. The van der Waals surface area contributed by atoms with Crippen LogP contribution in [0, 0.1) is 0 Å². The Kier molecular flexibility index (Phi) is 14.6. The molecular formula is C16H37N3O2. The Morgan fingerprint density at radius 1 is 1.19 bits per heavy atom. The van der Waals surface area contributed by atoms with Crippen LogP contribution < -0.4 is 10.6 Å². The van der Waals surface area contributed by atoms with Gasteiger partial charge in [0.2, 0.25) is 0 Å². The van der Waals surface area contributed by atoms with E-state index in [1.807, 2.05) is 14.1 Å². The fourth-order valence-electron chi connectivity index (χ4n) is 2.33. The molecule has 21 heavy (non-hydrogen) atoms. The highest BCUT2D eigenvalue weighted by Gasteiger charge is 2.10. The van der Waals surface area contributed by atoms with Gasteiger partial charge in [-0.25, -0.2) is 0 Å². The van der Waals surface area contributed by atoms with E-state index in [4.69, 9.17) is 4.74 Å². The Morgan fingerprint density at radius 2 is 1.95 bits per heavy atom. The molecule has 0 aliphatic carbocycles. The van der Waals surface area contributed by atoms with Crippen LogP contribution in [0.25, 0.3) is 0 Å². The highest BCUT2D eigenvalue weighted by atomic mass is 16.5. The number of ether oxygens (including phenoxy) is 1. The summed E-state index contributed by atoms with van der Waals surface area (Å²) in [6.07, 6.45) is 5.30. The predicted molar refractivity (Wildman–Crippen MR) is 89.9 cm³/mol. The maximum absolute atomic E-state index is 9.90. The van der Waals surface area contributed by atoms with E-state index in [2.05, 4.69) is 29.5 Å². The molecule has 0 aliphatic heterocycles. The molecule has 0 spiro atoms. The molecule has 0 heterocycles. The molecule has 128 valence electrons. The average Bonchev–Trinajstić information content (AvgIpc) is 2.47. The van der Waals surface area contributed by atoms with E-state index in [9.17, 15) is 5.11 Å². The van der Waals surface area contributed by atoms with Crippen LogP contribution in [0.4, 0.5) is 0 Å². The summed E-state index contributed by atoms with van der Waals surface area (Å²) in [5.74, 6) is 0. The van der Waals surface area contributed by atoms with Gasteiger partial charge in [0.1, 0.15) is 0 Å². The lowest BCUT2D eigenvalue weighted by Gasteiger charge is -2.22. The number of hydrogen-bond acceptors (Lipinski definition) is 5. The van der Waals surface area contributed by atoms with Crippen molar-refractivity contribution in [3.63, 3.8) is 0 Å². The van der Waals surface area contributed by atoms with Gasteiger partial charge >= 0.3 is 0 Å². The maximum atomic E-state index is 9.90. The van der Waals surface area contributed by atoms with Crippen LogP contribution in [0.3, 0.4) is 0 Å². The number of aliphatic hydroxyl groups is 1. The van der Waals surface area contributed by atoms with Crippen molar-refractivity contribution in [3.05, 3.63) is 0 Å². The lowest BCUT2D eigenvalue weighted by atomic mass is 10.1. The molecule has 0 radical (unpaired) electrons. The lowest BCUT2D eigenvalue weighted by Crippen LogP contribution is -2.34. The smallest absolute Gasteiger partial charge is 0.0900 e. The first-order chi connectivity index (χ1) is 10.1. The SMILES string of the molecule is CCCCOCC(O)CN(C)CCCC(CCNC)NC. The van der Waals surface area contributed by atoms with Gasteiger partial charge in [0.05, 0.1) is 12.7 Å². The van der Waals surface area contributed by atoms with Gasteiger partial charge in [0, 0.05) is 19.2 Å². The van der Waals surface area contributed by atoms with E-state index in [0.717, 1.165) is 45.4 Å². The minimum absolute atomic E-state index is 0.378. The highest BCUT2D eigenvalue weighted by molar-refractivity contribution is 4.67. The van der Waals surface area contributed by atoms with Crippen LogP contribution in [-0.2, 0) is 4.74 Å². The average molecular weight is 303 g/mol. The second kappa shape index (κ2) is 14.7. The minimum Gasteiger partial charge on any atom is -0.389 e. The van der Waals surface area contributed by atoms with Crippen molar-refractivity contribution in [2.24, 2.45) is 0 Å². The molecule has 0 saturated heterocycles. The maximum Gasteiger partial charge on any atom is 0.0900 e. The van der Waals surface area contributed by atoms with E-state index in [1.54, 1.807) is 0 Å². The van der Waals surface area contributed by atoms with Crippen molar-refractivity contribution in [1.82, 2.24) is 15.5 Å². The summed E-state index contributed by atoms with van der Waals surface area (Å²) in [6.45, 7) is 6.10. The van der Waals surface area contributed by atoms with Crippen molar-refractivity contribution in [2.75, 3.05) is 54.0 Å². The van der Waals surface area contributed by atoms with E-state index >= 15 is 0 Å². The first-order valence-electron chi connectivity index (χ1n) is 8.40. The number of rotatable bonds is 15. The topological polar surface area (TPSA) is 56.8 Å². The van der Waals surface area contributed by atoms with Gasteiger partial charge in [-0.1, -0.05) is 13.3 Å². The van der Waals surface area contributed by atoms with Crippen LogP contribution in [0.1, 0.15) is 39.0 Å². The van der Waals surface area contributed by atoms with Gasteiger partial charge in [-0.05, 0) is 59.9 Å².